The van der Waals surface area contributed by atoms with Crippen LogP contribution in [-0.4, -0.2) is 74.9 Å². The average Bonchev–Trinajstić information content (AvgIpc) is 3.33. The third-order valence-electron chi connectivity index (χ3n) is 13.7. The van der Waals surface area contributed by atoms with E-state index in [2.05, 4.69) is 38.2 Å². The molecule has 0 heterocycles. The predicted molar refractivity (Wildman–Crippen MR) is 303 cm³/mol. The fourth-order valence-corrected chi connectivity index (χ4v) is 9.73. The number of phosphoric acid groups is 1. The van der Waals surface area contributed by atoms with Crippen LogP contribution in [0.3, 0.4) is 0 Å². The van der Waals surface area contributed by atoms with Gasteiger partial charge in [0.2, 0.25) is 0 Å². The predicted octanol–water partition coefficient (Wildman–Crippen LogP) is 19.0. The van der Waals surface area contributed by atoms with Crippen LogP contribution in [0, 0.1) is 0 Å². The Morgan fingerprint density at radius 1 is 0.437 bits per heavy atom. The highest BCUT2D eigenvalue weighted by Crippen LogP contribution is 2.43. The SMILES string of the molecule is CCCCC/C=C\C/C=C\CCCCCCCC(=O)OC(COC(=O)CCCCCCCCCCCCCCCCCCCCCCCCCCCCCCCCCC)COP(=O)(O)OCC[N+](C)(C)C. The van der Waals surface area contributed by atoms with Gasteiger partial charge in [0.25, 0.3) is 0 Å². The van der Waals surface area contributed by atoms with Gasteiger partial charge in [-0.1, -0.05) is 269 Å². The van der Waals surface area contributed by atoms with Crippen molar-refractivity contribution >= 4 is 19.8 Å². The Morgan fingerprint density at radius 2 is 0.761 bits per heavy atom. The van der Waals surface area contributed by atoms with E-state index in [1.807, 2.05) is 21.1 Å². The van der Waals surface area contributed by atoms with Crippen LogP contribution >= 0.6 is 7.82 Å². The van der Waals surface area contributed by atoms with E-state index in [4.69, 9.17) is 18.5 Å². The molecule has 0 aliphatic rings. The van der Waals surface area contributed by atoms with Crippen LogP contribution < -0.4 is 0 Å². The first-order valence-electron chi connectivity index (χ1n) is 30.6. The molecule has 0 aliphatic carbocycles. The average molecular weight is 1030 g/mol. The van der Waals surface area contributed by atoms with E-state index in [-0.39, 0.29) is 25.6 Å². The number of unbranched alkanes of at least 4 members (excludes halogenated alkanes) is 39. The molecular weight excluding hydrogens is 906 g/mol. The summed E-state index contributed by atoms with van der Waals surface area (Å²) in [7, 11) is 1.48. The van der Waals surface area contributed by atoms with Crippen molar-refractivity contribution in [2.75, 3.05) is 47.5 Å². The number of likely N-dealkylation sites (N-methyl/N-ethyl adjacent to an activating group) is 1. The van der Waals surface area contributed by atoms with Crippen molar-refractivity contribution in [3.05, 3.63) is 24.3 Å². The Labute approximate surface area is 440 Å². The molecule has 0 fully saturated rings. The minimum absolute atomic E-state index is 0.0310. The summed E-state index contributed by atoms with van der Waals surface area (Å²) in [6, 6.07) is 0. The van der Waals surface area contributed by atoms with Gasteiger partial charge in [0, 0.05) is 12.8 Å². The monoisotopic (exact) mass is 1020 g/mol. The Balaban J connectivity index is 3.97. The molecule has 71 heavy (non-hydrogen) atoms. The topological polar surface area (TPSA) is 108 Å². The van der Waals surface area contributed by atoms with Crippen molar-refractivity contribution in [2.45, 2.75) is 309 Å². The van der Waals surface area contributed by atoms with Gasteiger partial charge >= 0.3 is 19.8 Å². The second kappa shape index (κ2) is 53.3. The van der Waals surface area contributed by atoms with Crippen molar-refractivity contribution in [1.29, 1.82) is 0 Å². The normalized spacial score (nSPS) is 13.4. The molecule has 2 atom stereocenters. The number of ether oxygens (including phenoxy) is 2. The summed E-state index contributed by atoms with van der Waals surface area (Å²) >= 11 is 0. The van der Waals surface area contributed by atoms with E-state index in [1.54, 1.807) is 0 Å². The van der Waals surface area contributed by atoms with Gasteiger partial charge in [0.05, 0.1) is 27.7 Å². The van der Waals surface area contributed by atoms with E-state index in [0.29, 0.717) is 23.9 Å². The Morgan fingerprint density at radius 3 is 1.14 bits per heavy atom. The van der Waals surface area contributed by atoms with Crippen LogP contribution in [0.25, 0.3) is 0 Å². The minimum Gasteiger partial charge on any atom is -0.462 e. The molecule has 0 aromatic heterocycles. The maximum Gasteiger partial charge on any atom is 0.472 e. The molecule has 0 spiro atoms. The zero-order chi connectivity index (χ0) is 52.0. The molecule has 0 radical (unpaired) electrons. The number of phosphoric ester groups is 1. The molecule has 0 amide bonds. The lowest BCUT2D eigenvalue weighted by atomic mass is 10.0. The molecule has 0 aliphatic heterocycles. The standard InChI is InChI=1S/C61H118NO8P/c1-6-8-10-12-14-16-18-20-22-23-24-25-26-27-28-29-30-31-32-33-34-35-36-37-38-40-41-43-45-47-49-51-53-60(63)67-57-59(58-69-71(65,66)68-56-55-62(3,4)5)70-61(64)54-52-50-48-46-44-42-39-21-19-17-15-13-11-9-7-2/h15,17,21,39,59H,6-14,16,18-20,22-38,40-58H2,1-5H3/p+1/b17-15-,39-21-. The second-order valence-electron chi connectivity index (χ2n) is 22.1. The number of esters is 2. The maximum absolute atomic E-state index is 12.8. The summed E-state index contributed by atoms with van der Waals surface area (Å²) in [5.41, 5.74) is 0. The fourth-order valence-electron chi connectivity index (χ4n) is 8.99. The maximum atomic E-state index is 12.8. The van der Waals surface area contributed by atoms with Gasteiger partial charge < -0.3 is 18.9 Å². The molecule has 0 aromatic rings. The van der Waals surface area contributed by atoms with Gasteiger partial charge in [-0.2, -0.15) is 0 Å². The van der Waals surface area contributed by atoms with Crippen LogP contribution in [0.4, 0.5) is 0 Å². The molecule has 10 heteroatoms. The van der Waals surface area contributed by atoms with Gasteiger partial charge in [0.15, 0.2) is 6.10 Å². The fraction of sp³-hybridized carbons (Fsp3) is 0.902. The number of hydrogen-bond acceptors (Lipinski definition) is 7. The first kappa shape index (κ1) is 69.5. The number of hydrogen-bond donors (Lipinski definition) is 1. The number of quaternary nitrogens is 1. The summed E-state index contributed by atoms with van der Waals surface area (Å²) in [5, 5.41) is 0. The number of carbonyl (C=O) groups excluding carboxylic acids is 2. The third-order valence-corrected chi connectivity index (χ3v) is 14.7. The molecule has 0 saturated carbocycles. The van der Waals surface area contributed by atoms with Crippen LogP contribution in [0.15, 0.2) is 24.3 Å². The van der Waals surface area contributed by atoms with Crippen LogP contribution in [-0.2, 0) is 32.7 Å². The largest absolute Gasteiger partial charge is 0.472 e. The molecule has 0 aromatic carbocycles. The number of carbonyl (C=O) groups is 2. The third kappa shape index (κ3) is 57.6. The Hall–Kier alpha value is -1.51. The smallest absolute Gasteiger partial charge is 0.462 e. The molecular formula is C61H119NO8P+. The molecule has 1 N–H and O–H groups in total. The molecule has 0 rings (SSSR count). The number of allylic oxidation sites excluding steroid dienone is 4. The summed E-state index contributed by atoms with van der Waals surface area (Å²) in [4.78, 5) is 35.6. The van der Waals surface area contributed by atoms with Crippen molar-refractivity contribution in [3.8, 4) is 0 Å². The van der Waals surface area contributed by atoms with E-state index in [1.165, 1.54) is 212 Å². The van der Waals surface area contributed by atoms with Crippen molar-refractivity contribution in [1.82, 2.24) is 0 Å². The lowest BCUT2D eigenvalue weighted by molar-refractivity contribution is -0.870. The first-order chi connectivity index (χ1) is 34.5. The minimum atomic E-state index is -4.38. The van der Waals surface area contributed by atoms with E-state index in [0.717, 1.165) is 57.8 Å². The Kier molecular flexibility index (Phi) is 52.2. The molecule has 9 nitrogen and oxygen atoms in total. The summed E-state index contributed by atoms with van der Waals surface area (Å²) in [5.74, 6) is -0.799. The summed E-state index contributed by atoms with van der Waals surface area (Å²) in [6.07, 6.45) is 64.2. The van der Waals surface area contributed by atoms with Crippen molar-refractivity contribution in [3.63, 3.8) is 0 Å². The highest BCUT2D eigenvalue weighted by atomic mass is 31.2. The lowest BCUT2D eigenvalue weighted by Crippen LogP contribution is -2.37. The second-order valence-corrected chi connectivity index (χ2v) is 23.6. The molecule has 0 bridgehead atoms. The van der Waals surface area contributed by atoms with Gasteiger partial charge in [-0.25, -0.2) is 4.57 Å². The molecule has 420 valence electrons. The number of rotatable bonds is 57. The lowest BCUT2D eigenvalue weighted by Gasteiger charge is -2.24. The van der Waals surface area contributed by atoms with E-state index >= 15 is 0 Å². The highest BCUT2D eigenvalue weighted by Gasteiger charge is 2.27. The van der Waals surface area contributed by atoms with Crippen LogP contribution in [0.2, 0.25) is 0 Å². The summed E-state index contributed by atoms with van der Waals surface area (Å²) in [6.45, 7) is 4.44. The van der Waals surface area contributed by atoms with Crippen LogP contribution in [0.5, 0.6) is 0 Å². The van der Waals surface area contributed by atoms with Gasteiger partial charge in [-0.3, -0.25) is 18.6 Å². The highest BCUT2D eigenvalue weighted by molar-refractivity contribution is 7.47. The quantitative estimate of drug-likeness (QED) is 0.0211. The number of nitrogens with zero attached hydrogens (tertiary/aromatic N) is 1. The Bertz CT molecular complexity index is 1250. The van der Waals surface area contributed by atoms with Crippen LogP contribution in [0.1, 0.15) is 303 Å². The van der Waals surface area contributed by atoms with Crippen molar-refractivity contribution < 1.29 is 42.1 Å². The van der Waals surface area contributed by atoms with Gasteiger partial charge in [-0.15, -0.1) is 0 Å². The summed E-state index contributed by atoms with van der Waals surface area (Å²) < 4.78 is 34.5. The van der Waals surface area contributed by atoms with E-state index < -0.39 is 26.5 Å². The zero-order valence-electron chi connectivity index (χ0n) is 47.7. The molecule has 0 saturated heterocycles. The van der Waals surface area contributed by atoms with Crippen molar-refractivity contribution in [2.24, 2.45) is 0 Å². The van der Waals surface area contributed by atoms with Gasteiger partial charge in [0.1, 0.15) is 19.8 Å². The van der Waals surface area contributed by atoms with Gasteiger partial charge in [-0.05, 0) is 44.9 Å². The molecule has 2 unspecified atom stereocenters. The first-order valence-corrected chi connectivity index (χ1v) is 32.1. The zero-order valence-corrected chi connectivity index (χ0v) is 48.6. The van der Waals surface area contributed by atoms with E-state index in [9.17, 15) is 19.0 Å².